The van der Waals surface area contributed by atoms with E-state index in [0.717, 1.165) is 29.8 Å². The molecule has 3 aromatic rings. The van der Waals surface area contributed by atoms with Gasteiger partial charge in [-0.25, -0.2) is 0 Å². The van der Waals surface area contributed by atoms with Crippen molar-refractivity contribution in [1.82, 2.24) is 10.1 Å². The van der Waals surface area contributed by atoms with E-state index in [1.165, 1.54) is 0 Å². The number of benzene rings is 2. The fraction of sp³-hybridized carbons (Fsp3) is 0.238. The fourth-order valence-corrected chi connectivity index (χ4v) is 3.09. The Morgan fingerprint density at radius 3 is 2.52 bits per heavy atom. The predicted octanol–water partition coefficient (Wildman–Crippen LogP) is 4.81. The molecule has 1 saturated carbocycles. The second kappa shape index (κ2) is 7.45. The first-order valence-electron chi connectivity index (χ1n) is 8.80. The van der Waals surface area contributed by atoms with Gasteiger partial charge < -0.3 is 14.2 Å². The van der Waals surface area contributed by atoms with Crippen molar-refractivity contribution in [2.24, 2.45) is 0 Å². The first-order valence-corrected chi connectivity index (χ1v) is 9.18. The highest BCUT2D eigenvalue weighted by atomic mass is 35.5. The minimum atomic E-state index is -0.0110. The molecule has 1 amide bonds. The van der Waals surface area contributed by atoms with Crippen molar-refractivity contribution in [3.8, 4) is 17.1 Å². The Kier molecular flexibility index (Phi) is 4.86. The third kappa shape index (κ3) is 3.98. The summed E-state index contributed by atoms with van der Waals surface area (Å²) in [4.78, 5) is 14.8. The summed E-state index contributed by atoms with van der Waals surface area (Å²) in [6.45, 7) is 0.422. The van der Waals surface area contributed by atoms with Crippen molar-refractivity contribution >= 4 is 17.5 Å². The summed E-state index contributed by atoms with van der Waals surface area (Å²) in [5.41, 5.74) is 2.27. The lowest BCUT2D eigenvalue weighted by Gasteiger charge is -2.21. The number of nitrogens with zero attached hydrogens (tertiary/aromatic N) is 2. The van der Waals surface area contributed by atoms with Crippen LogP contribution in [0.5, 0.6) is 5.75 Å². The van der Waals surface area contributed by atoms with E-state index in [1.807, 2.05) is 35.2 Å². The molecule has 0 saturated heterocycles. The lowest BCUT2D eigenvalue weighted by atomic mass is 10.1. The number of hydrogen-bond acceptors (Lipinski definition) is 4. The summed E-state index contributed by atoms with van der Waals surface area (Å²) in [5, 5.41) is 4.77. The molecule has 0 spiro atoms. The quantitative estimate of drug-likeness (QED) is 0.614. The number of carbonyl (C=O) groups excluding carboxylic acids is 1. The Hall–Kier alpha value is -2.79. The van der Waals surface area contributed by atoms with Crippen LogP contribution in [0, 0.1) is 0 Å². The van der Waals surface area contributed by atoms with Gasteiger partial charge in [-0.1, -0.05) is 16.8 Å². The second-order valence-electron chi connectivity index (χ2n) is 6.58. The minimum Gasteiger partial charge on any atom is -0.497 e. The van der Waals surface area contributed by atoms with Gasteiger partial charge in [0.25, 0.3) is 5.91 Å². The molecule has 0 atom stereocenters. The highest BCUT2D eigenvalue weighted by Crippen LogP contribution is 2.31. The van der Waals surface area contributed by atoms with Gasteiger partial charge in [0.2, 0.25) is 0 Å². The molecule has 0 unspecified atom stereocenters. The lowest BCUT2D eigenvalue weighted by molar-refractivity contribution is 0.0726. The number of methoxy groups -OCH3 is 1. The number of hydrogen-bond donors (Lipinski definition) is 0. The topological polar surface area (TPSA) is 55.6 Å². The van der Waals surface area contributed by atoms with Crippen molar-refractivity contribution in [1.29, 1.82) is 0 Å². The van der Waals surface area contributed by atoms with Gasteiger partial charge in [0.15, 0.2) is 5.76 Å². The molecule has 1 fully saturated rings. The normalized spacial score (nSPS) is 13.4. The van der Waals surface area contributed by atoms with E-state index in [-0.39, 0.29) is 11.9 Å². The molecular weight excluding hydrogens is 364 g/mol. The zero-order valence-electron chi connectivity index (χ0n) is 14.9. The van der Waals surface area contributed by atoms with E-state index in [4.69, 9.17) is 20.9 Å². The van der Waals surface area contributed by atoms with Gasteiger partial charge in [0.1, 0.15) is 11.4 Å². The van der Waals surface area contributed by atoms with Crippen LogP contribution in [0.25, 0.3) is 11.3 Å². The van der Waals surface area contributed by atoms with E-state index in [0.29, 0.717) is 22.9 Å². The Morgan fingerprint density at radius 2 is 1.89 bits per heavy atom. The summed E-state index contributed by atoms with van der Waals surface area (Å²) in [6, 6.07) is 16.7. The third-order valence-electron chi connectivity index (χ3n) is 4.61. The number of amides is 1. The van der Waals surface area contributed by atoms with Crippen LogP contribution in [-0.2, 0) is 6.54 Å². The van der Waals surface area contributed by atoms with Crippen molar-refractivity contribution in [3.05, 3.63) is 70.9 Å². The van der Waals surface area contributed by atoms with Gasteiger partial charge in [-0.2, -0.15) is 0 Å². The van der Waals surface area contributed by atoms with Gasteiger partial charge in [-0.3, -0.25) is 4.79 Å². The van der Waals surface area contributed by atoms with Crippen LogP contribution in [0.15, 0.2) is 59.1 Å². The predicted molar refractivity (Wildman–Crippen MR) is 103 cm³/mol. The van der Waals surface area contributed by atoms with Gasteiger partial charge >= 0.3 is 0 Å². The van der Waals surface area contributed by atoms with E-state index < -0.39 is 0 Å². The average Bonchev–Trinajstić information content (AvgIpc) is 3.44. The molecule has 0 radical (unpaired) electrons. The van der Waals surface area contributed by atoms with E-state index in [9.17, 15) is 4.79 Å². The Morgan fingerprint density at radius 1 is 1.19 bits per heavy atom. The van der Waals surface area contributed by atoms with Gasteiger partial charge in [0.05, 0.1) is 13.7 Å². The number of rotatable bonds is 6. The number of halogens is 1. The average molecular weight is 383 g/mol. The van der Waals surface area contributed by atoms with Crippen molar-refractivity contribution in [3.63, 3.8) is 0 Å². The van der Waals surface area contributed by atoms with Crippen molar-refractivity contribution in [2.75, 3.05) is 7.11 Å². The first-order chi connectivity index (χ1) is 13.1. The van der Waals surface area contributed by atoms with Crippen LogP contribution in [0.3, 0.4) is 0 Å². The number of ether oxygens (including phenoxy) is 1. The molecule has 27 heavy (non-hydrogen) atoms. The Bertz CT molecular complexity index is 931. The fourth-order valence-electron chi connectivity index (χ4n) is 2.96. The molecule has 0 N–H and O–H groups in total. The number of carbonyl (C=O) groups is 1. The minimum absolute atomic E-state index is 0.0110. The maximum Gasteiger partial charge on any atom is 0.254 e. The zero-order valence-corrected chi connectivity index (χ0v) is 15.6. The molecule has 1 heterocycles. The van der Waals surface area contributed by atoms with Crippen LogP contribution < -0.4 is 4.74 Å². The second-order valence-corrected chi connectivity index (χ2v) is 7.02. The van der Waals surface area contributed by atoms with Crippen LogP contribution in [0.2, 0.25) is 5.02 Å². The molecular formula is C21H19ClN2O3. The molecule has 1 aliphatic carbocycles. The highest BCUT2D eigenvalue weighted by Gasteiger charge is 2.33. The molecule has 138 valence electrons. The standard InChI is InChI=1S/C21H19ClN2O3/c1-26-19-10-4-14(5-11-19)20-12-17(23-27-20)13-24(18-8-9-18)21(25)15-2-6-16(22)7-3-15/h2-7,10-12,18H,8-9,13H2,1H3. The largest absolute Gasteiger partial charge is 0.497 e. The molecule has 0 aliphatic heterocycles. The van der Waals surface area contributed by atoms with Gasteiger partial charge in [0, 0.05) is 28.3 Å². The maximum absolute atomic E-state index is 12.9. The molecule has 6 heteroatoms. The molecule has 1 aromatic heterocycles. The molecule has 2 aromatic carbocycles. The lowest BCUT2D eigenvalue weighted by Crippen LogP contribution is -2.32. The third-order valence-corrected chi connectivity index (χ3v) is 4.86. The van der Waals surface area contributed by atoms with Gasteiger partial charge in [-0.15, -0.1) is 0 Å². The maximum atomic E-state index is 12.9. The van der Waals surface area contributed by atoms with Crippen LogP contribution in [0.1, 0.15) is 28.9 Å². The molecule has 4 rings (SSSR count). The van der Waals surface area contributed by atoms with E-state index in [1.54, 1.807) is 31.4 Å². The summed E-state index contributed by atoms with van der Waals surface area (Å²) in [5.74, 6) is 1.44. The highest BCUT2D eigenvalue weighted by molar-refractivity contribution is 6.30. The van der Waals surface area contributed by atoms with Crippen molar-refractivity contribution < 1.29 is 14.1 Å². The van der Waals surface area contributed by atoms with Crippen LogP contribution in [0.4, 0.5) is 0 Å². The Labute approximate surface area is 162 Å². The summed E-state index contributed by atoms with van der Waals surface area (Å²) in [7, 11) is 1.63. The first kappa shape index (κ1) is 17.6. The van der Waals surface area contributed by atoms with E-state index >= 15 is 0 Å². The monoisotopic (exact) mass is 382 g/mol. The smallest absolute Gasteiger partial charge is 0.254 e. The molecule has 0 bridgehead atoms. The van der Waals surface area contributed by atoms with Crippen LogP contribution in [-0.4, -0.2) is 29.1 Å². The summed E-state index contributed by atoms with van der Waals surface area (Å²) < 4.78 is 10.7. The van der Waals surface area contributed by atoms with Crippen molar-refractivity contribution in [2.45, 2.75) is 25.4 Å². The van der Waals surface area contributed by atoms with Crippen LogP contribution >= 0.6 is 11.6 Å². The van der Waals surface area contributed by atoms with Gasteiger partial charge in [-0.05, 0) is 61.4 Å². The zero-order chi connectivity index (χ0) is 18.8. The summed E-state index contributed by atoms with van der Waals surface area (Å²) in [6.07, 6.45) is 2.03. The molecule has 1 aliphatic rings. The number of aromatic nitrogens is 1. The van der Waals surface area contributed by atoms with E-state index in [2.05, 4.69) is 5.16 Å². The SMILES string of the molecule is COc1ccc(-c2cc(CN(C(=O)c3ccc(Cl)cc3)C3CC3)no2)cc1. The summed E-state index contributed by atoms with van der Waals surface area (Å²) >= 11 is 5.93. The molecule has 5 nitrogen and oxygen atoms in total. The Balaban J connectivity index is 1.51.